The van der Waals surface area contributed by atoms with Crippen molar-refractivity contribution in [2.45, 2.75) is 26.8 Å². The first-order valence-corrected chi connectivity index (χ1v) is 8.87. The van der Waals surface area contributed by atoms with Gasteiger partial charge in [0.15, 0.2) is 0 Å². The summed E-state index contributed by atoms with van der Waals surface area (Å²) in [5, 5.41) is 5.71. The molecule has 6 heteroatoms. The number of nitrogens with zero attached hydrogens (tertiary/aromatic N) is 1. The zero-order valence-corrected chi connectivity index (χ0v) is 14.9. The maximum Gasteiger partial charge on any atom is 0.261 e. The van der Waals surface area contributed by atoms with Crippen molar-refractivity contribution >= 4 is 17.2 Å². The summed E-state index contributed by atoms with van der Waals surface area (Å²) in [4.78, 5) is 31.5. The molecule has 2 heterocycles. The molecule has 0 fully saturated rings. The number of aromatic amines is 1. The Labute approximate surface area is 149 Å². The van der Waals surface area contributed by atoms with Crippen molar-refractivity contribution in [1.29, 1.82) is 0 Å². The van der Waals surface area contributed by atoms with E-state index in [9.17, 15) is 9.59 Å². The minimum absolute atomic E-state index is 0.158. The molecular formula is C19H19N3O2S. The number of nitrogens with one attached hydrogen (secondary N) is 2. The number of thiazole rings is 1. The second-order valence-electron chi connectivity index (χ2n) is 5.92. The van der Waals surface area contributed by atoms with Gasteiger partial charge in [0.25, 0.3) is 11.5 Å². The quantitative estimate of drug-likeness (QED) is 0.740. The van der Waals surface area contributed by atoms with Crippen LogP contribution in [0.25, 0.3) is 0 Å². The van der Waals surface area contributed by atoms with Crippen molar-refractivity contribution in [3.8, 4) is 0 Å². The summed E-state index contributed by atoms with van der Waals surface area (Å²) >= 11 is 1.57. The van der Waals surface area contributed by atoms with Crippen molar-refractivity contribution in [3.05, 3.63) is 85.2 Å². The molecule has 5 nitrogen and oxygen atoms in total. The number of carbonyl (C=O) groups excluding carboxylic acids is 1. The Hall–Kier alpha value is -2.73. The highest BCUT2D eigenvalue weighted by atomic mass is 32.1. The van der Waals surface area contributed by atoms with Crippen molar-refractivity contribution in [1.82, 2.24) is 15.3 Å². The number of carbonyl (C=O) groups is 1. The molecule has 0 unspecified atom stereocenters. The Bertz CT molecular complexity index is 945. The monoisotopic (exact) mass is 353 g/mol. The van der Waals surface area contributed by atoms with E-state index in [0.29, 0.717) is 12.1 Å². The molecule has 2 aromatic heterocycles. The lowest BCUT2D eigenvalue weighted by Crippen LogP contribution is -2.30. The predicted molar refractivity (Wildman–Crippen MR) is 99.1 cm³/mol. The number of pyridine rings is 1. The molecule has 0 aliphatic carbocycles. The van der Waals surface area contributed by atoms with Crippen LogP contribution >= 0.6 is 11.3 Å². The van der Waals surface area contributed by atoms with Gasteiger partial charge in [-0.25, -0.2) is 4.98 Å². The summed E-state index contributed by atoms with van der Waals surface area (Å²) in [6, 6.07) is 11.9. The van der Waals surface area contributed by atoms with Gasteiger partial charge in [0.05, 0.1) is 17.2 Å². The smallest absolute Gasteiger partial charge is 0.261 e. The van der Waals surface area contributed by atoms with Crippen LogP contribution in [-0.4, -0.2) is 15.9 Å². The van der Waals surface area contributed by atoms with Crippen molar-refractivity contribution in [2.75, 3.05) is 0 Å². The van der Waals surface area contributed by atoms with Gasteiger partial charge in [-0.05, 0) is 31.0 Å². The van der Waals surface area contributed by atoms with Crippen LogP contribution in [0.15, 0.2) is 46.6 Å². The first kappa shape index (κ1) is 17.1. The van der Waals surface area contributed by atoms with Crippen molar-refractivity contribution in [3.63, 3.8) is 0 Å². The van der Waals surface area contributed by atoms with E-state index in [1.165, 1.54) is 5.56 Å². The second-order valence-corrected chi connectivity index (χ2v) is 6.86. The summed E-state index contributed by atoms with van der Waals surface area (Å²) in [6.45, 7) is 3.86. The van der Waals surface area contributed by atoms with Crippen LogP contribution in [0.1, 0.15) is 37.9 Å². The lowest BCUT2D eigenvalue weighted by Gasteiger charge is -2.06. The van der Waals surface area contributed by atoms with E-state index < -0.39 is 0 Å². The van der Waals surface area contributed by atoms with Crippen molar-refractivity contribution < 1.29 is 4.79 Å². The number of hydrogen-bond acceptors (Lipinski definition) is 4. The number of benzene rings is 1. The van der Waals surface area contributed by atoms with Gasteiger partial charge in [-0.2, -0.15) is 0 Å². The maximum atomic E-state index is 12.3. The second kappa shape index (κ2) is 7.44. The Balaban J connectivity index is 1.64. The summed E-state index contributed by atoms with van der Waals surface area (Å²) < 4.78 is 0. The van der Waals surface area contributed by atoms with Gasteiger partial charge < -0.3 is 10.3 Å². The van der Waals surface area contributed by atoms with Crippen LogP contribution in [-0.2, 0) is 13.0 Å². The molecule has 3 aromatic rings. The van der Waals surface area contributed by atoms with E-state index in [1.807, 2.05) is 23.6 Å². The number of hydrogen-bond donors (Lipinski definition) is 2. The van der Waals surface area contributed by atoms with Gasteiger partial charge in [0.2, 0.25) is 0 Å². The minimum atomic E-state index is -0.378. The average Bonchev–Trinajstić information content (AvgIpc) is 3.00. The third-order valence-electron chi connectivity index (χ3n) is 3.82. The van der Waals surface area contributed by atoms with Gasteiger partial charge in [-0.1, -0.05) is 30.3 Å². The largest absolute Gasteiger partial charge is 0.346 e. The molecule has 128 valence electrons. The van der Waals surface area contributed by atoms with E-state index in [2.05, 4.69) is 27.4 Å². The van der Waals surface area contributed by atoms with Crippen LogP contribution in [0, 0.1) is 13.8 Å². The molecule has 0 aliphatic heterocycles. The Morgan fingerprint density at radius 1 is 1.24 bits per heavy atom. The summed E-state index contributed by atoms with van der Waals surface area (Å²) in [6.07, 6.45) is 0.774. The zero-order chi connectivity index (χ0) is 17.8. The predicted octanol–water partition coefficient (Wildman–Crippen LogP) is 2.97. The first-order chi connectivity index (χ1) is 12.0. The Kier molecular flexibility index (Phi) is 5.09. The molecule has 0 saturated heterocycles. The SMILES string of the molecule is Cc1cc(C)c(C(=O)NCc2csc(Cc3ccccc3)n2)c(=O)[nH]1. The third kappa shape index (κ3) is 4.22. The molecule has 25 heavy (non-hydrogen) atoms. The minimum Gasteiger partial charge on any atom is -0.346 e. The standard InChI is InChI=1S/C19H19N3O2S/c1-12-8-13(2)21-19(24)17(12)18(23)20-10-15-11-25-16(22-15)9-14-6-4-3-5-7-14/h3-8,11H,9-10H2,1-2H3,(H,20,23)(H,21,24). The van der Waals surface area contributed by atoms with E-state index in [4.69, 9.17) is 0 Å². The Morgan fingerprint density at radius 3 is 2.72 bits per heavy atom. The van der Waals surface area contributed by atoms with E-state index >= 15 is 0 Å². The van der Waals surface area contributed by atoms with Gasteiger partial charge in [0.1, 0.15) is 5.56 Å². The fraction of sp³-hybridized carbons (Fsp3) is 0.211. The number of rotatable bonds is 5. The summed E-state index contributed by atoms with van der Waals surface area (Å²) in [5.74, 6) is -0.378. The number of amides is 1. The molecule has 3 rings (SSSR count). The molecule has 0 radical (unpaired) electrons. The van der Waals surface area contributed by atoms with Crippen molar-refractivity contribution in [2.24, 2.45) is 0 Å². The van der Waals surface area contributed by atoms with Crippen LogP contribution in [0.4, 0.5) is 0 Å². The fourth-order valence-corrected chi connectivity index (χ4v) is 3.50. The normalized spacial score (nSPS) is 10.6. The van der Waals surface area contributed by atoms with Crippen LogP contribution in [0.2, 0.25) is 0 Å². The van der Waals surface area contributed by atoms with Crippen LogP contribution < -0.4 is 10.9 Å². The highest BCUT2D eigenvalue weighted by Gasteiger charge is 2.14. The molecule has 1 amide bonds. The third-order valence-corrected chi connectivity index (χ3v) is 4.72. The molecule has 0 atom stereocenters. The Morgan fingerprint density at radius 2 is 2.00 bits per heavy atom. The fourth-order valence-electron chi connectivity index (χ4n) is 2.68. The van der Waals surface area contributed by atoms with Gasteiger partial charge >= 0.3 is 0 Å². The van der Waals surface area contributed by atoms with Crippen LogP contribution in [0.3, 0.4) is 0 Å². The van der Waals surface area contributed by atoms with Crippen LogP contribution in [0.5, 0.6) is 0 Å². The zero-order valence-electron chi connectivity index (χ0n) is 14.1. The maximum absolute atomic E-state index is 12.3. The molecule has 0 aliphatic rings. The molecule has 2 N–H and O–H groups in total. The molecule has 0 bridgehead atoms. The molecule has 1 aromatic carbocycles. The topological polar surface area (TPSA) is 74.8 Å². The van der Waals surface area contributed by atoms with E-state index in [1.54, 1.807) is 31.3 Å². The average molecular weight is 353 g/mol. The lowest BCUT2D eigenvalue weighted by molar-refractivity contribution is 0.0948. The van der Waals surface area contributed by atoms with Gasteiger partial charge in [-0.3, -0.25) is 9.59 Å². The number of aromatic nitrogens is 2. The first-order valence-electron chi connectivity index (χ1n) is 7.99. The molecule has 0 saturated carbocycles. The van der Waals surface area contributed by atoms with Gasteiger partial charge in [0, 0.05) is 17.5 Å². The number of aryl methyl sites for hydroxylation is 2. The summed E-state index contributed by atoms with van der Waals surface area (Å²) in [7, 11) is 0. The lowest BCUT2D eigenvalue weighted by atomic mass is 10.1. The molecule has 0 spiro atoms. The van der Waals surface area contributed by atoms with Gasteiger partial charge in [-0.15, -0.1) is 11.3 Å². The highest BCUT2D eigenvalue weighted by molar-refractivity contribution is 7.09. The highest BCUT2D eigenvalue weighted by Crippen LogP contribution is 2.15. The molecular weight excluding hydrogens is 334 g/mol. The summed E-state index contributed by atoms with van der Waals surface area (Å²) in [5.41, 5.74) is 3.20. The van der Waals surface area contributed by atoms with E-state index in [-0.39, 0.29) is 17.0 Å². The van der Waals surface area contributed by atoms with E-state index in [0.717, 1.165) is 22.8 Å². The number of H-pyrrole nitrogens is 1.